The number of pyridine rings is 1. The van der Waals surface area contributed by atoms with E-state index in [1.165, 1.54) is 18.2 Å². The topological polar surface area (TPSA) is 68.0 Å². The molecule has 0 spiro atoms. The first-order valence-electron chi connectivity index (χ1n) is 6.36. The van der Waals surface area contributed by atoms with E-state index in [-0.39, 0.29) is 24.4 Å². The van der Waals surface area contributed by atoms with Gasteiger partial charge in [0.25, 0.3) is 0 Å². The fourth-order valence-electron chi connectivity index (χ4n) is 1.74. The zero-order valence-corrected chi connectivity index (χ0v) is 11.3. The summed E-state index contributed by atoms with van der Waals surface area (Å²) in [4.78, 5) is 15.8. The van der Waals surface area contributed by atoms with E-state index in [0.29, 0.717) is 5.69 Å². The summed E-state index contributed by atoms with van der Waals surface area (Å²) in [5, 5.41) is 2.70. The molecule has 0 unspecified atom stereocenters. The molecule has 0 saturated carbocycles. The predicted octanol–water partition coefficient (Wildman–Crippen LogP) is 1.71. The van der Waals surface area contributed by atoms with Crippen LogP contribution in [0.15, 0.2) is 42.7 Å². The van der Waals surface area contributed by atoms with Crippen LogP contribution < -0.4 is 11.1 Å². The molecule has 2 aromatic rings. The highest BCUT2D eigenvalue weighted by Gasteiger charge is 2.06. The Hall–Kier alpha value is -2.71. The summed E-state index contributed by atoms with van der Waals surface area (Å²) in [7, 11) is 0. The van der Waals surface area contributed by atoms with Gasteiger partial charge in [-0.1, -0.05) is 17.9 Å². The molecule has 21 heavy (non-hydrogen) atoms. The van der Waals surface area contributed by atoms with Crippen molar-refractivity contribution in [3.8, 4) is 11.8 Å². The van der Waals surface area contributed by atoms with Crippen LogP contribution in [-0.4, -0.2) is 17.4 Å². The molecule has 4 nitrogen and oxygen atoms in total. The lowest BCUT2D eigenvalue weighted by atomic mass is 10.1. The minimum atomic E-state index is -0.443. The number of amides is 1. The molecule has 5 heteroatoms. The highest BCUT2D eigenvalue weighted by molar-refractivity contribution is 5.92. The predicted molar refractivity (Wildman–Crippen MR) is 78.9 cm³/mol. The van der Waals surface area contributed by atoms with Gasteiger partial charge in [-0.25, -0.2) is 4.39 Å². The number of hydrogen-bond acceptors (Lipinski definition) is 3. The maximum Gasteiger partial charge on any atom is 0.228 e. The van der Waals surface area contributed by atoms with Crippen LogP contribution in [0.4, 0.5) is 10.1 Å². The fourth-order valence-corrected chi connectivity index (χ4v) is 1.74. The monoisotopic (exact) mass is 283 g/mol. The first kappa shape index (κ1) is 14.7. The Balaban J connectivity index is 2.07. The molecule has 2 rings (SSSR count). The van der Waals surface area contributed by atoms with Crippen molar-refractivity contribution < 1.29 is 9.18 Å². The van der Waals surface area contributed by atoms with Crippen LogP contribution in [0.5, 0.6) is 0 Å². The molecule has 3 N–H and O–H groups in total. The number of nitrogens with zero attached hydrogens (tertiary/aromatic N) is 1. The van der Waals surface area contributed by atoms with Gasteiger partial charge in [0.2, 0.25) is 5.91 Å². The Labute approximate surface area is 122 Å². The van der Waals surface area contributed by atoms with Crippen molar-refractivity contribution in [2.75, 3.05) is 11.9 Å². The summed E-state index contributed by atoms with van der Waals surface area (Å²) < 4.78 is 13.5. The van der Waals surface area contributed by atoms with Crippen molar-refractivity contribution in [2.24, 2.45) is 5.73 Å². The van der Waals surface area contributed by atoms with E-state index in [1.807, 2.05) is 6.07 Å². The third-order valence-corrected chi connectivity index (χ3v) is 2.66. The van der Waals surface area contributed by atoms with Crippen LogP contribution in [0, 0.1) is 17.7 Å². The number of nitrogens with one attached hydrogen (secondary N) is 1. The minimum absolute atomic E-state index is 0.150. The van der Waals surface area contributed by atoms with Crippen LogP contribution in [0.25, 0.3) is 0 Å². The van der Waals surface area contributed by atoms with Gasteiger partial charge in [0.15, 0.2) is 0 Å². The number of nitrogens with two attached hydrogens (primary N) is 1. The summed E-state index contributed by atoms with van der Waals surface area (Å²) in [6, 6.07) is 7.82. The summed E-state index contributed by atoms with van der Waals surface area (Å²) >= 11 is 0. The third-order valence-electron chi connectivity index (χ3n) is 2.66. The van der Waals surface area contributed by atoms with E-state index in [2.05, 4.69) is 22.1 Å². The second-order valence-electron chi connectivity index (χ2n) is 4.29. The van der Waals surface area contributed by atoms with Crippen molar-refractivity contribution in [3.05, 3.63) is 59.7 Å². The van der Waals surface area contributed by atoms with Gasteiger partial charge < -0.3 is 11.1 Å². The molecule has 106 valence electrons. The minimum Gasteiger partial charge on any atom is -0.326 e. The molecule has 1 aromatic carbocycles. The highest BCUT2D eigenvalue weighted by atomic mass is 19.1. The van der Waals surface area contributed by atoms with Crippen molar-refractivity contribution >= 4 is 11.6 Å². The number of hydrogen-bond donors (Lipinski definition) is 2. The number of aromatic nitrogens is 1. The first-order chi connectivity index (χ1) is 10.2. The van der Waals surface area contributed by atoms with Crippen LogP contribution in [0.1, 0.15) is 11.1 Å². The Kier molecular flexibility index (Phi) is 5.02. The maximum absolute atomic E-state index is 13.5. The lowest BCUT2D eigenvalue weighted by Gasteiger charge is -2.06. The zero-order valence-electron chi connectivity index (χ0n) is 11.3. The van der Waals surface area contributed by atoms with E-state index < -0.39 is 5.82 Å². The van der Waals surface area contributed by atoms with Gasteiger partial charge in [0, 0.05) is 18.1 Å². The van der Waals surface area contributed by atoms with Crippen molar-refractivity contribution in [2.45, 2.75) is 6.42 Å². The van der Waals surface area contributed by atoms with Gasteiger partial charge in [-0.3, -0.25) is 9.78 Å². The van der Waals surface area contributed by atoms with Crippen molar-refractivity contribution in [3.63, 3.8) is 0 Å². The Bertz CT molecular complexity index is 690. The maximum atomic E-state index is 13.5. The molecule has 0 fully saturated rings. The molecule has 0 bridgehead atoms. The van der Waals surface area contributed by atoms with E-state index in [4.69, 9.17) is 5.73 Å². The molecular weight excluding hydrogens is 269 g/mol. The summed E-state index contributed by atoms with van der Waals surface area (Å²) in [5.74, 6) is 4.56. The Morgan fingerprint density at radius 3 is 2.95 bits per heavy atom. The van der Waals surface area contributed by atoms with Crippen LogP contribution in [-0.2, 0) is 11.2 Å². The van der Waals surface area contributed by atoms with E-state index in [9.17, 15) is 9.18 Å². The molecule has 0 radical (unpaired) electrons. The van der Waals surface area contributed by atoms with Crippen LogP contribution in [0.3, 0.4) is 0 Å². The number of carbonyl (C=O) groups excluding carboxylic acids is 1. The molecule has 0 saturated heterocycles. The van der Waals surface area contributed by atoms with Gasteiger partial charge in [-0.15, -0.1) is 0 Å². The van der Waals surface area contributed by atoms with Crippen LogP contribution in [0.2, 0.25) is 0 Å². The Morgan fingerprint density at radius 1 is 1.38 bits per heavy atom. The normalized spacial score (nSPS) is 9.62. The fraction of sp³-hybridized carbons (Fsp3) is 0.125. The molecular formula is C16H14FN3O. The quantitative estimate of drug-likeness (QED) is 0.843. The standard InChI is InChI=1S/C16H14FN3O/c17-15-6-5-14(10-13(15)4-1-7-18)20-16(21)9-12-3-2-8-19-11-12/h2-3,5-6,8,10-11H,7,9,18H2,(H,20,21). The number of rotatable bonds is 3. The number of carbonyl (C=O) groups is 1. The van der Waals surface area contributed by atoms with E-state index in [0.717, 1.165) is 5.56 Å². The number of anilines is 1. The van der Waals surface area contributed by atoms with Gasteiger partial charge in [-0.2, -0.15) is 0 Å². The molecule has 1 amide bonds. The lowest BCUT2D eigenvalue weighted by Crippen LogP contribution is -2.14. The van der Waals surface area contributed by atoms with Crippen molar-refractivity contribution in [1.29, 1.82) is 0 Å². The summed E-state index contributed by atoms with van der Waals surface area (Å²) in [5.41, 5.74) is 6.77. The van der Waals surface area contributed by atoms with Gasteiger partial charge in [0.05, 0.1) is 18.5 Å². The largest absolute Gasteiger partial charge is 0.326 e. The molecule has 0 atom stereocenters. The summed E-state index contributed by atoms with van der Waals surface area (Å²) in [6.45, 7) is 0.150. The molecule has 1 aromatic heterocycles. The number of benzene rings is 1. The molecule has 0 aliphatic rings. The van der Waals surface area contributed by atoms with Gasteiger partial charge in [0.1, 0.15) is 5.82 Å². The average Bonchev–Trinajstić information content (AvgIpc) is 2.48. The van der Waals surface area contributed by atoms with E-state index >= 15 is 0 Å². The van der Waals surface area contributed by atoms with Gasteiger partial charge in [-0.05, 0) is 29.8 Å². The molecule has 0 aliphatic heterocycles. The van der Waals surface area contributed by atoms with Crippen molar-refractivity contribution in [1.82, 2.24) is 4.98 Å². The third kappa shape index (κ3) is 4.41. The van der Waals surface area contributed by atoms with E-state index in [1.54, 1.807) is 18.5 Å². The second kappa shape index (κ2) is 7.17. The molecule has 1 heterocycles. The second-order valence-corrected chi connectivity index (χ2v) is 4.29. The SMILES string of the molecule is NCC#Cc1cc(NC(=O)Cc2cccnc2)ccc1F. The smallest absolute Gasteiger partial charge is 0.228 e. The summed E-state index contributed by atoms with van der Waals surface area (Å²) in [6.07, 6.45) is 3.47. The van der Waals surface area contributed by atoms with Crippen LogP contribution >= 0.6 is 0 Å². The average molecular weight is 283 g/mol. The zero-order chi connectivity index (χ0) is 15.1. The number of halogens is 1. The highest BCUT2D eigenvalue weighted by Crippen LogP contribution is 2.14. The first-order valence-corrected chi connectivity index (χ1v) is 6.36. The van der Waals surface area contributed by atoms with Gasteiger partial charge >= 0.3 is 0 Å². The lowest BCUT2D eigenvalue weighted by molar-refractivity contribution is -0.115. The Morgan fingerprint density at radius 2 is 2.24 bits per heavy atom. The molecule has 0 aliphatic carbocycles.